The van der Waals surface area contributed by atoms with Gasteiger partial charge in [0.15, 0.2) is 0 Å². The SMILES string of the molecule is CC(=O)N1CCN(C)C(c2ccccc2C2CC2)C1. The van der Waals surface area contributed by atoms with Crippen LogP contribution in [0.3, 0.4) is 0 Å². The van der Waals surface area contributed by atoms with E-state index >= 15 is 0 Å². The van der Waals surface area contributed by atoms with Crippen LogP contribution < -0.4 is 0 Å². The van der Waals surface area contributed by atoms with E-state index in [1.165, 1.54) is 24.0 Å². The van der Waals surface area contributed by atoms with Crippen LogP contribution >= 0.6 is 0 Å². The molecular formula is C16H22N2O. The van der Waals surface area contributed by atoms with Crippen molar-refractivity contribution in [2.45, 2.75) is 31.7 Å². The van der Waals surface area contributed by atoms with Crippen LogP contribution in [0.15, 0.2) is 24.3 Å². The lowest BCUT2D eigenvalue weighted by molar-refractivity contribution is -0.131. The van der Waals surface area contributed by atoms with Crippen molar-refractivity contribution in [1.82, 2.24) is 9.80 Å². The highest BCUT2D eigenvalue weighted by atomic mass is 16.2. The van der Waals surface area contributed by atoms with Gasteiger partial charge >= 0.3 is 0 Å². The summed E-state index contributed by atoms with van der Waals surface area (Å²) in [6, 6.07) is 9.14. The standard InChI is InChI=1S/C16H22N2O/c1-12(19)18-10-9-17(2)16(11-18)15-6-4-3-5-14(15)13-7-8-13/h3-6,13,16H,7-11H2,1-2H3. The predicted octanol–water partition coefficient (Wildman–Crippen LogP) is 2.40. The van der Waals surface area contributed by atoms with Gasteiger partial charge in [-0.2, -0.15) is 0 Å². The monoisotopic (exact) mass is 258 g/mol. The van der Waals surface area contributed by atoms with Crippen molar-refractivity contribution in [1.29, 1.82) is 0 Å². The minimum atomic E-state index is 0.196. The molecule has 1 atom stereocenters. The van der Waals surface area contributed by atoms with Gasteiger partial charge < -0.3 is 4.90 Å². The van der Waals surface area contributed by atoms with Crippen LogP contribution in [0.4, 0.5) is 0 Å². The van der Waals surface area contributed by atoms with Crippen molar-refractivity contribution in [2.24, 2.45) is 0 Å². The summed E-state index contributed by atoms with van der Waals surface area (Å²) in [4.78, 5) is 16.0. The Kier molecular flexibility index (Phi) is 3.31. The van der Waals surface area contributed by atoms with Crippen LogP contribution in [0.1, 0.15) is 42.9 Å². The fourth-order valence-electron chi connectivity index (χ4n) is 3.08. The molecule has 3 rings (SSSR count). The minimum absolute atomic E-state index is 0.196. The molecule has 0 spiro atoms. The Labute approximate surface area is 115 Å². The maximum Gasteiger partial charge on any atom is 0.219 e. The summed E-state index contributed by atoms with van der Waals surface area (Å²) in [7, 11) is 2.17. The van der Waals surface area contributed by atoms with Crippen LogP contribution in [0, 0.1) is 0 Å². The molecule has 0 radical (unpaired) electrons. The number of hydrogen-bond acceptors (Lipinski definition) is 2. The average molecular weight is 258 g/mol. The Morgan fingerprint density at radius 3 is 2.47 bits per heavy atom. The Bertz CT molecular complexity index is 481. The zero-order valence-electron chi connectivity index (χ0n) is 11.8. The lowest BCUT2D eigenvalue weighted by atomic mass is 9.94. The molecule has 1 aromatic rings. The van der Waals surface area contributed by atoms with E-state index in [9.17, 15) is 4.79 Å². The van der Waals surface area contributed by atoms with Gasteiger partial charge in [-0.05, 0) is 36.9 Å². The van der Waals surface area contributed by atoms with Gasteiger partial charge in [0.2, 0.25) is 5.91 Å². The van der Waals surface area contributed by atoms with Gasteiger partial charge in [-0.1, -0.05) is 24.3 Å². The molecular weight excluding hydrogens is 236 g/mol. The van der Waals surface area contributed by atoms with Crippen LogP contribution in [-0.2, 0) is 4.79 Å². The highest BCUT2D eigenvalue weighted by Gasteiger charge is 2.32. The number of piperazine rings is 1. The van der Waals surface area contributed by atoms with Gasteiger partial charge in [0.1, 0.15) is 0 Å². The first-order chi connectivity index (χ1) is 9.16. The molecule has 1 amide bonds. The second-order valence-corrected chi connectivity index (χ2v) is 5.86. The highest BCUT2D eigenvalue weighted by molar-refractivity contribution is 5.73. The summed E-state index contributed by atoms with van der Waals surface area (Å²) in [6.07, 6.45) is 2.65. The van der Waals surface area contributed by atoms with Crippen LogP contribution in [-0.4, -0.2) is 42.4 Å². The van der Waals surface area contributed by atoms with E-state index in [0.29, 0.717) is 6.04 Å². The third kappa shape index (κ3) is 2.52. The molecule has 1 heterocycles. The lowest BCUT2D eigenvalue weighted by Crippen LogP contribution is -2.48. The van der Waals surface area contributed by atoms with Gasteiger partial charge in [-0.15, -0.1) is 0 Å². The number of rotatable bonds is 2. The van der Waals surface area contributed by atoms with Crippen LogP contribution in [0.25, 0.3) is 0 Å². The summed E-state index contributed by atoms with van der Waals surface area (Å²) < 4.78 is 0. The number of nitrogens with zero attached hydrogens (tertiary/aromatic N) is 2. The van der Waals surface area contributed by atoms with E-state index in [4.69, 9.17) is 0 Å². The largest absolute Gasteiger partial charge is 0.340 e. The van der Waals surface area contributed by atoms with Crippen LogP contribution in [0.2, 0.25) is 0 Å². The number of likely N-dealkylation sites (N-methyl/N-ethyl adjacent to an activating group) is 1. The second-order valence-electron chi connectivity index (χ2n) is 5.86. The Balaban J connectivity index is 1.89. The lowest BCUT2D eigenvalue weighted by Gasteiger charge is -2.40. The molecule has 3 nitrogen and oxygen atoms in total. The molecule has 0 aromatic heterocycles. The summed E-state index contributed by atoms with van der Waals surface area (Å²) >= 11 is 0. The first-order valence-electron chi connectivity index (χ1n) is 7.21. The van der Waals surface area contributed by atoms with E-state index in [2.05, 4.69) is 36.2 Å². The molecule has 0 N–H and O–H groups in total. The smallest absolute Gasteiger partial charge is 0.219 e. The van der Waals surface area contributed by atoms with E-state index in [1.54, 1.807) is 6.92 Å². The number of carbonyl (C=O) groups excluding carboxylic acids is 1. The van der Waals surface area contributed by atoms with Gasteiger partial charge in [-0.25, -0.2) is 0 Å². The predicted molar refractivity (Wildman–Crippen MR) is 76.0 cm³/mol. The molecule has 19 heavy (non-hydrogen) atoms. The maximum absolute atomic E-state index is 11.6. The van der Waals surface area contributed by atoms with E-state index in [1.807, 2.05) is 4.90 Å². The topological polar surface area (TPSA) is 23.6 Å². The highest BCUT2D eigenvalue weighted by Crippen LogP contribution is 2.44. The van der Waals surface area contributed by atoms with Gasteiger partial charge in [0.25, 0.3) is 0 Å². The minimum Gasteiger partial charge on any atom is -0.340 e. The third-order valence-corrected chi connectivity index (χ3v) is 4.47. The van der Waals surface area contributed by atoms with E-state index in [-0.39, 0.29) is 5.91 Å². The van der Waals surface area contributed by atoms with E-state index < -0.39 is 0 Å². The normalized spacial score (nSPS) is 24.5. The zero-order chi connectivity index (χ0) is 13.4. The quantitative estimate of drug-likeness (QED) is 0.813. The summed E-state index contributed by atoms with van der Waals surface area (Å²) in [5.41, 5.74) is 2.93. The second kappa shape index (κ2) is 4.97. The van der Waals surface area contributed by atoms with Gasteiger partial charge in [0.05, 0.1) is 6.04 Å². The Hall–Kier alpha value is -1.35. The molecule has 1 aromatic carbocycles. The molecule has 1 aliphatic carbocycles. The molecule has 3 heteroatoms. The average Bonchev–Trinajstić information content (AvgIpc) is 3.23. The van der Waals surface area contributed by atoms with Crippen molar-refractivity contribution in [3.63, 3.8) is 0 Å². The molecule has 1 saturated heterocycles. The third-order valence-electron chi connectivity index (χ3n) is 4.47. The van der Waals surface area contributed by atoms with Crippen molar-refractivity contribution in [2.75, 3.05) is 26.7 Å². The zero-order valence-corrected chi connectivity index (χ0v) is 11.8. The van der Waals surface area contributed by atoms with E-state index in [0.717, 1.165) is 25.6 Å². The molecule has 2 fully saturated rings. The number of amides is 1. The summed E-state index contributed by atoms with van der Waals surface area (Å²) in [5.74, 6) is 0.958. The number of hydrogen-bond donors (Lipinski definition) is 0. The molecule has 2 aliphatic rings. The van der Waals surface area contributed by atoms with Crippen molar-refractivity contribution in [3.05, 3.63) is 35.4 Å². The van der Waals surface area contributed by atoms with Crippen LogP contribution in [0.5, 0.6) is 0 Å². The molecule has 1 unspecified atom stereocenters. The summed E-state index contributed by atoms with van der Waals surface area (Å²) in [5, 5.41) is 0. The van der Waals surface area contributed by atoms with Crippen molar-refractivity contribution >= 4 is 5.91 Å². The Morgan fingerprint density at radius 1 is 1.16 bits per heavy atom. The number of benzene rings is 1. The van der Waals surface area contributed by atoms with Crippen molar-refractivity contribution in [3.8, 4) is 0 Å². The maximum atomic E-state index is 11.6. The summed E-state index contributed by atoms with van der Waals surface area (Å²) in [6.45, 7) is 4.32. The fraction of sp³-hybridized carbons (Fsp3) is 0.562. The Morgan fingerprint density at radius 2 is 1.84 bits per heavy atom. The molecule has 0 bridgehead atoms. The fourth-order valence-corrected chi connectivity index (χ4v) is 3.08. The van der Waals surface area contributed by atoms with Crippen molar-refractivity contribution < 1.29 is 4.79 Å². The molecule has 1 aliphatic heterocycles. The first-order valence-corrected chi connectivity index (χ1v) is 7.21. The van der Waals surface area contributed by atoms with Gasteiger partial charge in [-0.3, -0.25) is 9.69 Å². The number of carbonyl (C=O) groups is 1. The first kappa shape index (κ1) is 12.7. The molecule has 1 saturated carbocycles. The van der Waals surface area contributed by atoms with Gasteiger partial charge in [0, 0.05) is 26.6 Å². The molecule has 102 valence electrons.